The number of anilines is 1. The van der Waals surface area contributed by atoms with Gasteiger partial charge in [-0.1, -0.05) is 6.07 Å². The third-order valence-corrected chi connectivity index (χ3v) is 2.73. The number of para-hydroxylation sites is 1. The summed E-state index contributed by atoms with van der Waals surface area (Å²) in [6.45, 7) is 4.57. The number of rotatable bonds is 6. The highest BCUT2D eigenvalue weighted by molar-refractivity contribution is 5.97. The third-order valence-electron chi connectivity index (χ3n) is 2.73. The minimum atomic E-state index is -1.26. The highest BCUT2D eigenvalue weighted by Crippen LogP contribution is 2.27. The van der Waals surface area contributed by atoms with Crippen molar-refractivity contribution in [2.75, 3.05) is 25.5 Å². The Hall–Kier alpha value is -2.28. The van der Waals surface area contributed by atoms with Gasteiger partial charge in [-0.25, -0.2) is 9.59 Å². The number of aromatic hydroxyl groups is 1. The van der Waals surface area contributed by atoms with Crippen LogP contribution >= 0.6 is 0 Å². The van der Waals surface area contributed by atoms with Crippen molar-refractivity contribution in [2.24, 2.45) is 0 Å². The highest BCUT2D eigenvalue weighted by Gasteiger charge is 2.16. The molecule has 0 unspecified atom stereocenters. The summed E-state index contributed by atoms with van der Waals surface area (Å²) in [6.07, 6.45) is 0.0813. The maximum absolute atomic E-state index is 11.9. The van der Waals surface area contributed by atoms with Crippen LogP contribution in [0.5, 0.6) is 5.75 Å². The molecule has 0 aliphatic rings. The molecule has 0 aliphatic heterocycles. The predicted octanol–water partition coefficient (Wildman–Crippen LogP) is 1.98. The fourth-order valence-corrected chi connectivity index (χ4v) is 1.55. The van der Waals surface area contributed by atoms with E-state index in [4.69, 9.17) is 9.84 Å². The number of hydrogen-bond donors (Lipinski definition) is 3. The van der Waals surface area contributed by atoms with E-state index >= 15 is 0 Å². The number of carboxylic acids is 1. The van der Waals surface area contributed by atoms with Gasteiger partial charge in [-0.3, -0.25) is 0 Å². The van der Waals surface area contributed by atoms with Crippen LogP contribution in [0, 0.1) is 0 Å². The number of benzene rings is 1. The molecule has 0 radical (unpaired) electrons. The molecule has 116 valence electrons. The van der Waals surface area contributed by atoms with Gasteiger partial charge in [0.05, 0.1) is 18.4 Å². The van der Waals surface area contributed by atoms with Crippen molar-refractivity contribution >= 4 is 17.7 Å². The molecule has 21 heavy (non-hydrogen) atoms. The number of aromatic carboxylic acids is 1. The van der Waals surface area contributed by atoms with E-state index in [2.05, 4.69) is 5.32 Å². The Morgan fingerprint density at radius 1 is 1.38 bits per heavy atom. The van der Waals surface area contributed by atoms with Gasteiger partial charge in [0.25, 0.3) is 0 Å². The van der Waals surface area contributed by atoms with E-state index in [0.717, 1.165) is 0 Å². The van der Waals surface area contributed by atoms with Gasteiger partial charge < -0.3 is 25.2 Å². The summed E-state index contributed by atoms with van der Waals surface area (Å²) in [7, 11) is 1.58. The van der Waals surface area contributed by atoms with Gasteiger partial charge in [0, 0.05) is 13.6 Å². The second-order valence-electron chi connectivity index (χ2n) is 4.78. The SMILES string of the molecule is CC(C)OCCN(C)C(=O)Nc1cccc(C(=O)O)c1O. The van der Waals surface area contributed by atoms with Crippen LogP contribution in [-0.4, -0.2) is 53.4 Å². The van der Waals surface area contributed by atoms with Crippen LogP contribution in [0.25, 0.3) is 0 Å². The Balaban J connectivity index is 2.66. The van der Waals surface area contributed by atoms with E-state index in [0.29, 0.717) is 13.2 Å². The molecule has 7 heteroatoms. The number of nitrogens with one attached hydrogen (secondary N) is 1. The first-order chi connectivity index (χ1) is 9.82. The van der Waals surface area contributed by atoms with Gasteiger partial charge in [-0.15, -0.1) is 0 Å². The van der Waals surface area contributed by atoms with Crippen LogP contribution in [0.2, 0.25) is 0 Å². The molecule has 0 atom stereocenters. The molecule has 7 nitrogen and oxygen atoms in total. The molecule has 0 saturated carbocycles. The Kier molecular flexibility index (Phi) is 5.98. The van der Waals surface area contributed by atoms with Crippen LogP contribution in [0.3, 0.4) is 0 Å². The summed E-state index contributed by atoms with van der Waals surface area (Å²) in [5.74, 6) is -1.73. The Labute approximate surface area is 123 Å². The summed E-state index contributed by atoms with van der Waals surface area (Å²) >= 11 is 0. The van der Waals surface area contributed by atoms with E-state index in [-0.39, 0.29) is 17.4 Å². The minimum absolute atomic E-state index is 0.0523. The molecule has 0 aliphatic carbocycles. The van der Waals surface area contributed by atoms with Gasteiger partial charge in [0.15, 0.2) is 5.75 Å². The van der Waals surface area contributed by atoms with E-state index in [1.807, 2.05) is 13.8 Å². The summed E-state index contributed by atoms with van der Waals surface area (Å²) in [6, 6.07) is 3.67. The lowest BCUT2D eigenvalue weighted by atomic mass is 10.1. The van der Waals surface area contributed by atoms with Gasteiger partial charge in [-0.2, -0.15) is 0 Å². The lowest BCUT2D eigenvalue weighted by molar-refractivity contribution is 0.0690. The number of ether oxygens (including phenoxy) is 1. The predicted molar refractivity (Wildman–Crippen MR) is 77.8 cm³/mol. The van der Waals surface area contributed by atoms with Crippen molar-refractivity contribution < 1.29 is 24.5 Å². The largest absolute Gasteiger partial charge is 0.505 e. The van der Waals surface area contributed by atoms with Gasteiger partial charge >= 0.3 is 12.0 Å². The van der Waals surface area contributed by atoms with Crippen LogP contribution in [-0.2, 0) is 4.74 Å². The number of carbonyl (C=O) groups is 2. The molecule has 1 aromatic carbocycles. The summed E-state index contributed by atoms with van der Waals surface area (Å²) in [5.41, 5.74) is -0.213. The summed E-state index contributed by atoms with van der Waals surface area (Å²) in [4.78, 5) is 24.2. The zero-order valence-corrected chi connectivity index (χ0v) is 12.3. The smallest absolute Gasteiger partial charge is 0.339 e. The Morgan fingerprint density at radius 2 is 2.05 bits per heavy atom. The zero-order chi connectivity index (χ0) is 16.0. The van der Waals surface area contributed by atoms with Crippen molar-refractivity contribution in [1.82, 2.24) is 4.90 Å². The van der Waals surface area contributed by atoms with Crippen LogP contribution < -0.4 is 5.32 Å². The quantitative estimate of drug-likeness (QED) is 0.697. The number of nitrogens with zero attached hydrogens (tertiary/aromatic N) is 1. The molecule has 0 saturated heterocycles. The number of amides is 2. The maximum Gasteiger partial charge on any atom is 0.339 e. The standard InChI is InChI=1S/C14H20N2O5/c1-9(2)21-8-7-16(3)14(20)15-11-6-4-5-10(12(11)17)13(18)19/h4-6,9,17H,7-8H2,1-3H3,(H,15,20)(H,18,19). The summed E-state index contributed by atoms with van der Waals surface area (Å²) < 4.78 is 5.34. The molecule has 0 fully saturated rings. The number of carbonyl (C=O) groups excluding carboxylic acids is 1. The van der Waals surface area contributed by atoms with E-state index < -0.39 is 17.7 Å². The molecular weight excluding hydrogens is 276 g/mol. The zero-order valence-electron chi connectivity index (χ0n) is 12.3. The molecule has 2 amide bonds. The lowest BCUT2D eigenvalue weighted by Crippen LogP contribution is -2.34. The molecule has 0 aromatic heterocycles. The number of carboxylic acid groups (broad SMARTS) is 1. The van der Waals surface area contributed by atoms with E-state index in [1.54, 1.807) is 7.05 Å². The number of urea groups is 1. The minimum Gasteiger partial charge on any atom is -0.505 e. The molecular formula is C14H20N2O5. The second-order valence-corrected chi connectivity index (χ2v) is 4.78. The van der Waals surface area contributed by atoms with Crippen LogP contribution in [0.15, 0.2) is 18.2 Å². The van der Waals surface area contributed by atoms with Crippen molar-refractivity contribution in [3.05, 3.63) is 23.8 Å². The Morgan fingerprint density at radius 3 is 2.62 bits per heavy atom. The van der Waals surface area contributed by atoms with Gasteiger partial charge in [-0.05, 0) is 26.0 Å². The molecule has 0 bridgehead atoms. The molecule has 3 N–H and O–H groups in total. The van der Waals surface area contributed by atoms with Crippen LogP contribution in [0.4, 0.5) is 10.5 Å². The lowest BCUT2D eigenvalue weighted by Gasteiger charge is -2.19. The molecule has 1 rings (SSSR count). The van der Waals surface area contributed by atoms with Crippen molar-refractivity contribution in [2.45, 2.75) is 20.0 Å². The Bertz CT molecular complexity index is 516. The monoisotopic (exact) mass is 296 g/mol. The number of hydrogen-bond acceptors (Lipinski definition) is 4. The van der Waals surface area contributed by atoms with E-state index in [9.17, 15) is 14.7 Å². The van der Waals surface area contributed by atoms with Crippen molar-refractivity contribution in [3.63, 3.8) is 0 Å². The third kappa shape index (κ3) is 4.96. The summed E-state index contributed by atoms with van der Waals surface area (Å²) in [5, 5.41) is 21.2. The number of likely N-dealkylation sites (N-methyl/N-ethyl adjacent to an activating group) is 1. The average molecular weight is 296 g/mol. The van der Waals surface area contributed by atoms with Crippen LogP contribution in [0.1, 0.15) is 24.2 Å². The fourth-order valence-electron chi connectivity index (χ4n) is 1.55. The topological polar surface area (TPSA) is 99.1 Å². The molecule has 0 heterocycles. The first-order valence-corrected chi connectivity index (χ1v) is 6.52. The normalized spacial score (nSPS) is 10.5. The maximum atomic E-state index is 11.9. The van der Waals surface area contributed by atoms with E-state index in [1.165, 1.54) is 23.1 Å². The average Bonchev–Trinajstić information content (AvgIpc) is 2.40. The van der Waals surface area contributed by atoms with Gasteiger partial charge in [0.2, 0.25) is 0 Å². The molecule has 1 aromatic rings. The van der Waals surface area contributed by atoms with Gasteiger partial charge in [0.1, 0.15) is 5.56 Å². The first-order valence-electron chi connectivity index (χ1n) is 6.52. The molecule has 0 spiro atoms. The second kappa shape index (κ2) is 7.49. The first kappa shape index (κ1) is 16.8. The van der Waals surface area contributed by atoms with Crippen molar-refractivity contribution in [1.29, 1.82) is 0 Å². The number of phenols is 1. The fraction of sp³-hybridized carbons (Fsp3) is 0.429. The highest BCUT2D eigenvalue weighted by atomic mass is 16.5. The van der Waals surface area contributed by atoms with Crippen molar-refractivity contribution in [3.8, 4) is 5.75 Å².